The normalized spacial score (nSPS) is 15.2. The Labute approximate surface area is 236 Å². The number of amides is 1. The maximum atomic E-state index is 15.4. The van der Waals surface area contributed by atoms with Crippen molar-refractivity contribution in [3.8, 4) is 22.9 Å². The van der Waals surface area contributed by atoms with Gasteiger partial charge in [0.1, 0.15) is 0 Å². The van der Waals surface area contributed by atoms with Gasteiger partial charge in [0.15, 0.2) is 11.6 Å². The van der Waals surface area contributed by atoms with Crippen LogP contribution in [0.15, 0.2) is 79.1 Å². The van der Waals surface area contributed by atoms with Crippen molar-refractivity contribution in [2.45, 2.75) is 24.6 Å². The van der Waals surface area contributed by atoms with E-state index in [9.17, 15) is 18.3 Å². The minimum absolute atomic E-state index is 0.0510. The van der Waals surface area contributed by atoms with Crippen LogP contribution in [0.1, 0.15) is 18.4 Å². The Bertz CT molecular complexity index is 1640. The van der Waals surface area contributed by atoms with Crippen LogP contribution < -0.4 is 14.8 Å². The summed E-state index contributed by atoms with van der Waals surface area (Å²) in [4.78, 5) is 25.7. The number of likely N-dealkylation sites (tertiary alicyclic amines) is 1. The molecule has 212 valence electrons. The Kier molecular flexibility index (Phi) is 8.24. The van der Waals surface area contributed by atoms with Crippen LogP contribution in [0.4, 0.5) is 20.8 Å². The van der Waals surface area contributed by atoms with Crippen molar-refractivity contribution in [3.05, 3.63) is 90.5 Å². The standard InChI is InChI=1S/C28H27FN6O5S/c29-25-23(34-41(38,39)18-19-7-2-1-3-8-19)11-4-12-24(25)40-26-21(10-5-14-30-26)22-13-15-31-27(33-22)32-20-9-6-16-35(17-20)28(36)37/h1-5,7-8,10-15,20,34H,6,9,16-18H2,(H,36,37)(H,31,32,33). The molecule has 0 aliphatic carbocycles. The number of nitrogens with zero attached hydrogens (tertiary/aromatic N) is 4. The van der Waals surface area contributed by atoms with Gasteiger partial charge in [0.2, 0.25) is 21.9 Å². The predicted octanol–water partition coefficient (Wildman–Crippen LogP) is 4.97. The first-order chi connectivity index (χ1) is 19.8. The number of hydrogen-bond acceptors (Lipinski definition) is 8. The number of pyridine rings is 1. The summed E-state index contributed by atoms with van der Waals surface area (Å²) in [5, 5.41) is 12.5. The number of benzene rings is 2. The fourth-order valence-corrected chi connectivity index (χ4v) is 5.66. The molecule has 2 aromatic carbocycles. The SMILES string of the molecule is O=C(O)N1CCCC(Nc2nccc(-c3cccnc3Oc3cccc(NS(=O)(=O)Cc4ccccc4)c3F)n2)C1. The highest BCUT2D eigenvalue weighted by atomic mass is 32.2. The Morgan fingerprint density at radius 1 is 1.05 bits per heavy atom. The van der Waals surface area contributed by atoms with Gasteiger partial charge < -0.3 is 20.1 Å². The summed E-state index contributed by atoms with van der Waals surface area (Å²) in [5.41, 5.74) is 1.19. The van der Waals surface area contributed by atoms with E-state index in [1.807, 2.05) is 0 Å². The van der Waals surface area contributed by atoms with E-state index in [0.717, 1.165) is 12.8 Å². The van der Waals surface area contributed by atoms with Crippen LogP contribution in [0, 0.1) is 5.82 Å². The molecule has 13 heteroatoms. The second kappa shape index (κ2) is 12.2. The average molecular weight is 579 g/mol. The fraction of sp³-hybridized carbons (Fsp3) is 0.214. The van der Waals surface area contributed by atoms with Gasteiger partial charge in [-0.15, -0.1) is 0 Å². The number of ether oxygens (including phenoxy) is 1. The lowest BCUT2D eigenvalue weighted by atomic mass is 10.1. The molecule has 1 aliphatic rings. The molecule has 1 atom stereocenters. The highest BCUT2D eigenvalue weighted by Crippen LogP contribution is 2.34. The van der Waals surface area contributed by atoms with Gasteiger partial charge in [0.25, 0.3) is 0 Å². The number of carbonyl (C=O) groups is 1. The van der Waals surface area contributed by atoms with Crippen LogP contribution in [-0.4, -0.2) is 58.6 Å². The first kappa shape index (κ1) is 27.8. The number of nitrogens with one attached hydrogen (secondary N) is 2. The molecule has 0 saturated carbocycles. The van der Waals surface area contributed by atoms with Crippen molar-refractivity contribution in [1.29, 1.82) is 0 Å². The highest BCUT2D eigenvalue weighted by molar-refractivity contribution is 7.91. The van der Waals surface area contributed by atoms with E-state index < -0.39 is 21.9 Å². The number of anilines is 2. The van der Waals surface area contributed by atoms with Crippen LogP contribution in [0.3, 0.4) is 0 Å². The van der Waals surface area contributed by atoms with Gasteiger partial charge in [-0.25, -0.2) is 32.6 Å². The molecule has 4 aromatic rings. The van der Waals surface area contributed by atoms with Crippen LogP contribution in [0.2, 0.25) is 0 Å². The van der Waals surface area contributed by atoms with E-state index in [4.69, 9.17) is 4.74 Å². The molecule has 3 heterocycles. The van der Waals surface area contributed by atoms with Crippen molar-refractivity contribution in [2.24, 2.45) is 0 Å². The quantitative estimate of drug-likeness (QED) is 0.251. The molecule has 1 amide bonds. The van der Waals surface area contributed by atoms with Gasteiger partial charge in [-0.1, -0.05) is 36.4 Å². The molecule has 0 bridgehead atoms. The van der Waals surface area contributed by atoms with Crippen LogP contribution in [0.5, 0.6) is 11.6 Å². The molecule has 41 heavy (non-hydrogen) atoms. The third-order valence-electron chi connectivity index (χ3n) is 6.36. The molecule has 1 unspecified atom stereocenters. The molecule has 0 radical (unpaired) electrons. The molecular weight excluding hydrogens is 551 g/mol. The van der Waals surface area contributed by atoms with Gasteiger partial charge >= 0.3 is 6.09 Å². The van der Waals surface area contributed by atoms with E-state index in [1.165, 1.54) is 29.3 Å². The maximum absolute atomic E-state index is 15.4. The second-order valence-corrected chi connectivity index (χ2v) is 11.1. The number of hydrogen-bond donors (Lipinski definition) is 3. The van der Waals surface area contributed by atoms with Crippen molar-refractivity contribution in [1.82, 2.24) is 19.9 Å². The Hall–Kier alpha value is -4.78. The Morgan fingerprint density at radius 3 is 2.68 bits per heavy atom. The molecule has 0 spiro atoms. The molecule has 3 N–H and O–H groups in total. The smallest absolute Gasteiger partial charge is 0.407 e. The number of sulfonamides is 1. The lowest BCUT2D eigenvalue weighted by Gasteiger charge is -2.31. The molecule has 11 nitrogen and oxygen atoms in total. The van der Waals surface area contributed by atoms with Crippen molar-refractivity contribution < 1.29 is 27.4 Å². The molecule has 2 aromatic heterocycles. The summed E-state index contributed by atoms with van der Waals surface area (Å²) in [5.74, 6) is -1.09. The summed E-state index contributed by atoms with van der Waals surface area (Å²) < 4.78 is 48.9. The van der Waals surface area contributed by atoms with Crippen molar-refractivity contribution >= 4 is 27.8 Å². The number of aromatic nitrogens is 3. The van der Waals surface area contributed by atoms with E-state index in [1.54, 1.807) is 54.7 Å². The Balaban J connectivity index is 1.34. The van der Waals surface area contributed by atoms with E-state index in [-0.39, 0.29) is 29.1 Å². The monoisotopic (exact) mass is 578 g/mol. The number of rotatable bonds is 9. The average Bonchev–Trinajstić information content (AvgIpc) is 2.96. The predicted molar refractivity (Wildman–Crippen MR) is 151 cm³/mol. The topological polar surface area (TPSA) is 147 Å². The second-order valence-electron chi connectivity index (χ2n) is 9.40. The first-order valence-electron chi connectivity index (χ1n) is 12.8. The van der Waals surface area contributed by atoms with Gasteiger partial charge in [0.05, 0.1) is 22.7 Å². The largest absolute Gasteiger partial charge is 0.465 e. The molecule has 1 aliphatic heterocycles. The lowest BCUT2D eigenvalue weighted by molar-refractivity contribution is 0.132. The van der Waals surface area contributed by atoms with Gasteiger partial charge in [-0.3, -0.25) is 4.72 Å². The third kappa shape index (κ3) is 7.06. The summed E-state index contributed by atoms with van der Waals surface area (Å²) in [6.45, 7) is 0.798. The Morgan fingerprint density at radius 2 is 1.88 bits per heavy atom. The zero-order valence-electron chi connectivity index (χ0n) is 21.8. The van der Waals surface area contributed by atoms with E-state index in [2.05, 4.69) is 25.0 Å². The van der Waals surface area contributed by atoms with Gasteiger partial charge in [-0.2, -0.15) is 0 Å². The van der Waals surface area contributed by atoms with Crippen molar-refractivity contribution in [3.63, 3.8) is 0 Å². The van der Waals surface area contributed by atoms with E-state index >= 15 is 4.39 Å². The minimum Gasteiger partial charge on any atom is -0.465 e. The molecule has 1 saturated heterocycles. The molecular formula is C28H27FN6O5S. The number of carboxylic acid groups (broad SMARTS) is 1. The zero-order chi connectivity index (χ0) is 28.8. The highest BCUT2D eigenvalue weighted by Gasteiger charge is 2.24. The summed E-state index contributed by atoms with van der Waals surface area (Å²) >= 11 is 0. The van der Waals surface area contributed by atoms with Gasteiger partial charge in [-0.05, 0) is 48.7 Å². The third-order valence-corrected chi connectivity index (χ3v) is 7.61. The number of halogens is 1. The van der Waals surface area contributed by atoms with Gasteiger partial charge in [0, 0.05) is 31.5 Å². The minimum atomic E-state index is -3.90. The van der Waals surface area contributed by atoms with E-state index in [0.29, 0.717) is 35.9 Å². The summed E-state index contributed by atoms with van der Waals surface area (Å²) in [6, 6.07) is 17.6. The fourth-order valence-electron chi connectivity index (χ4n) is 4.47. The lowest BCUT2D eigenvalue weighted by Crippen LogP contribution is -2.44. The number of piperidine rings is 1. The van der Waals surface area contributed by atoms with Crippen LogP contribution in [0.25, 0.3) is 11.3 Å². The summed E-state index contributed by atoms with van der Waals surface area (Å²) in [6.07, 6.45) is 3.54. The van der Waals surface area contributed by atoms with Crippen LogP contribution in [-0.2, 0) is 15.8 Å². The first-order valence-corrected chi connectivity index (χ1v) is 14.5. The van der Waals surface area contributed by atoms with Crippen LogP contribution >= 0.6 is 0 Å². The zero-order valence-corrected chi connectivity index (χ0v) is 22.6. The van der Waals surface area contributed by atoms with Crippen molar-refractivity contribution in [2.75, 3.05) is 23.1 Å². The summed E-state index contributed by atoms with van der Waals surface area (Å²) in [7, 11) is -3.90. The maximum Gasteiger partial charge on any atom is 0.407 e. The molecule has 1 fully saturated rings. The molecule has 5 rings (SSSR count).